The molecule has 31 heavy (non-hydrogen) atoms. The summed E-state index contributed by atoms with van der Waals surface area (Å²) in [6.07, 6.45) is 9.99. The van der Waals surface area contributed by atoms with Crippen molar-refractivity contribution in [3.8, 4) is 5.88 Å². The molecule has 3 N–H and O–H groups in total. The van der Waals surface area contributed by atoms with Crippen molar-refractivity contribution in [2.45, 2.75) is 65.2 Å². The number of nitrogens with two attached hydrogens (primary N) is 1. The number of unbranched alkanes of at least 4 members (excludes halogenated alkanes) is 7. The fourth-order valence-electron chi connectivity index (χ4n) is 3.61. The number of pyridine rings is 2. The first-order valence-electron chi connectivity index (χ1n) is 11.6. The van der Waals surface area contributed by atoms with Crippen molar-refractivity contribution < 1.29 is 4.74 Å². The highest BCUT2D eigenvalue weighted by Crippen LogP contribution is 2.32. The van der Waals surface area contributed by atoms with Gasteiger partial charge in [-0.15, -0.1) is 0 Å². The van der Waals surface area contributed by atoms with Crippen LogP contribution in [-0.2, 0) is 0 Å². The minimum atomic E-state index is 0.588. The van der Waals surface area contributed by atoms with Crippen LogP contribution in [0, 0.1) is 0 Å². The number of fused-ring (bicyclic) bond motifs is 2. The fraction of sp³-hybridized carbons (Fsp3) is 0.520. The highest BCUT2D eigenvalue weighted by molar-refractivity contribution is 6.31. The molecule has 3 aromatic rings. The first kappa shape index (κ1) is 25.2. The summed E-state index contributed by atoms with van der Waals surface area (Å²) < 4.78 is 5.32. The first-order chi connectivity index (χ1) is 15.2. The van der Waals surface area contributed by atoms with Crippen LogP contribution in [0.3, 0.4) is 0 Å². The number of halogens is 1. The summed E-state index contributed by atoms with van der Waals surface area (Å²) in [6.45, 7) is 5.72. The Bertz CT molecular complexity index is 932. The maximum Gasteiger partial charge on any atom is 0.213 e. The van der Waals surface area contributed by atoms with Gasteiger partial charge >= 0.3 is 0 Å². The number of methoxy groups -OCH3 is 1. The Kier molecular flexibility index (Phi) is 11.4. The lowest BCUT2D eigenvalue weighted by molar-refractivity contribution is 0.399. The van der Waals surface area contributed by atoms with Crippen LogP contribution in [-0.4, -0.2) is 30.2 Å². The van der Waals surface area contributed by atoms with E-state index in [0.29, 0.717) is 10.9 Å². The summed E-state index contributed by atoms with van der Waals surface area (Å²) in [5.41, 5.74) is 9.08. The van der Waals surface area contributed by atoms with Crippen molar-refractivity contribution >= 4 is 39.2 Å². The summed E-state index contributed by atoms with van der Waals surface area (Å²) >= 11 is 6.18. The van der Waals surface area contributed by atoms with Crippen LogP contribution < -0.4 is 15.8 Å². The molecule has 0 aliphatic rings. The van der Waals surface area contributed by atoms with Gasteiger partial charge in [0, 0.05) is 23.0 Å². The van der Waals surface area contributed by atoms with E-state index in [1.54, 1.807) is 7.11 Å². The van der Waals surface area contributed by atoms with Crippen LogP contribution in [0.5, 0.6) is 5.88 Å². The predicted octanol–water partition coefficient (Wildman–Crippen LogP) is 6.96. The normalized spacial score (nSPS) is 10.7. The number of nitrogens with zero attached hydrogens (tertiary/aromatic N) is 2. The van der Waals surface area contributed by atoms with Crippen LogP contribution >= 0.6 is 11.6 Å². The van der Waals surface area contributed by atoms with Crippen LogP contribution in [0.15, 0.2) is 30.3 Å². The third-order valence-electron chi connectivity index (χ3n) is 5.20. The van der Waals surface area contributed by atoms with E-state index < -0.39 is 0 Å². The smallest absolute Gasteiger partial charge is 0.213 e. The van der Waals surface area contributed by atoms with Crippen LogP contribution in [0.2, 0.25) is 5.02 Å². The topological polar surface area (TPSA) is 73.1 Å². The van der Waals surface area contributed by atoms with Gasteiger partial charge in [0.15, 0.2) is 0 Å². The van der Waals surface area contributed by atoms with Gasteiger partial charge in [-0.2, -0.15) is 0 Å². The van der Waals surface area contributed by atoms with Crippen molar-refractivity contribution in [3.63, 3.8) is 0 Å². The van der Waals surface area contributed by atoms with Crippen LogP contribution in [0.1, 0.15) is 65.2 Å². The van der Waals surface area contributed by atoms with Crippen LogP contribution in [0.25, 0.3) is 21.9 Å². The van der Waals surface area contributed by atoms with E-state index in [2.05, 4.69) is 10.3 Å². The number of rotatable bonds is 12. The molecular formula is C25H37ClN4O. The minimum absolute atomic E-state index is 0.588. The lowest BCUT2D eigenvalue weighted by Gasteiger charge is -2.13. The zero-order chi connectivity index (χ0) is 22.5. The van der Waals surface area contributed by atoms with Gasteiger partial charge in [-0.25, -0.2) is 9.97 Å². The van der Waals surface area contributed by atoms with Crippen molar-refractivity contribution in [2.24, 2.45) is 5.73 Å². The number of hydrogen-bond acceptors (Lipinski definition) is 5. The Morgan fingerprint density at radius 1 is 0.871 bits per heavy atom. The Hall–Kier alpha value is -2.11. The molecule has 5 nitrogen and oxygen atoms in total. The van der Waals surface area contributed by atoms with Gasteiger partial charge in [0.05, 0.1) is 23.8 Å². The Balaban J connectivity index is 0.00000166. The molecule has 0 aliphatic heterocycles. The molecule has 0 spiro atoms. The van der Waals surface area contributed by atoms with Gasteiger partial charge in [-0.1, -0.05) is 64.0 Å². The third-order valence-corrected chi connectivity index (χ3v) is 5.43. The second-order valence-corrected chi connectivity index (χ2v) is 7.85. The standard InChI is InChI=1S/C23H31ClN4O.C2H6/c1-29-21-13-12-19-23(28-21)22(18-11-10-17(24)16-20(18)27-19)26-15-9-7-5-3-2-4-6-8-14-25;1-2/h10-13,16H,2-9,14-15,25H2,1H3,(H,26,27);1-2H3. The molecule has 6 heteroatoms. The number of nitrogens with one attached hydrogen (secondary N) is 1. The number of anilines is 1. The van der Waals surface area contributed by atoms with Gasteiger partial charge < -0.3 is 15.8 Å². The van der Waals surface area contributed by atoms with E-state index in [0.717, 1.165) is 53.6 Å². The first-order valence-corrected chi connectivity index (χ1v) is 12.0. The van der Waals surface area contributed by atoms with Crippen molar-refractivity contribution in [1.82, 2.24) is 9.97 Å². The average molecular weight is 445 g/mol. The summed E-state index contributed by atoms with van der Waals surface area (Å²) in [6, 6.07) is 9.58. The van der Waals surface area contributed by atoms with Gasteiger partial charge in [0.1, 0.15) is 5.52 Å². The summed E-state index contributed by atoms with van der Waals surface area (Å²) in [5, 5.41) is 5.32. The second kappa shape index (κ2) is 14.0. The van der Waals surface area contributed by atoms with Gasteiger partial charge in [0.2, 0.25) is 5.88 Å². The highest BCUT2D eigenvalue weighted by atomic mass is 35.5. The van der Waals surface area contributed by atoms with Crippen molar-refractivity contribution in [3.05, 3.63) is 35.4 Å². The molecule has 0 aliphatic carbocycles. The second-order valence-electron chi connectivity index (χ2n) is 7.41. The summed E-state index contributed by atoms with van der Waals surface area (Å²) in [4.78, 5) is 9.36. The third kappa shape index (κ3) is 7.51. The number of ether oxygens (including phenoxy) is 1. The molecule has 2 aromatic heterocycles. The Labute approximate surface area is 191 Å². The molecule has 170 valence electrons. The molecule has 0 saturated carbocycles. The van der Waals surface area contributed by atoms with E-state index in [-0.39, 0.29) is 0 Å². The molecule has 0 amide bonds. The monoisotopic (exact) mass is 444 g/mol. The van der Waals surface area contributed by atoms with E-state index >= 15 is 0 Å². The van der Waals surface area contributed by atoms with E-state index in [1.165, 1.54) is 38.5 Å². The number of benzene rings is 1. The molecule has 1 aromatic carbocycles. The molecule has 0 unspecified atom stereocenters. The minimum Gasteiger partial charge on any atom is -0.481 e. The average Bonchev–Trinajstić information content (AvgIpc) is 2.80. The molecule has 0 radical (unpaired) electrons. The Morgan fingerprint density at radius 2 is 1.55 bits per heavy atom. The predicted molar refractivity (Wildman–Crippen MR) is 134 cm³/mol. The molecule has 2 heterocycles. The van der Waals surface area contributed by atoms with Crippen molar-refractivity contribution in [2.75, 3.05) is 25.5 Å². The zero-order valence-corrected chi connectivity index (χ0v) is 20.0. The largest absolute Gasteiger partial charge is 0.481 e. The SMILES string of the molecule is CC.COc1ccc2nc3cc(Cl)ccc3c(NCCCCCCCCCCN)c2n1. The maximum atomic E-state index is 6.18. The molecule has 0 bridgehead atoms. The van der Waals surface area contributed by atoms with Gasteiger partial charge in [-0.05, 0) is 43.7 Å². The fourth-order valence-corrected chi connectivity index (χ4v) is 3.78. The molecule has 0 fully saturated rings. The van der Waals surface area contributed by atoms with Gasteiger partial charge in [0.25, 0.3) is 0 Å². The highest BCUT2D eigenvalue weighted by Gasteiger charge is 2.12. The molecule has 3 rings (SSSR count). The number of aromatic nitrogens is 2. The zero-order valence-electron chi connectivity index (χ0n) is 19.2. The van der Waals surface area contributed by atoms with Crippen molar-refractivity contribution in [1.29, 1.82) is 0 Å². The number of hydrogen-bond donors (Lipinski definition) is 2. The summed E-state index contributed by atoms with van der Waals surface area (Å²) in [5.74, 6) is 0.588. The maximum absolute atomic E-state index is 6.18. The van der Waals surface area contributed by atoms with Gasteiger partial charge in [-0.3, -0.25) is 0 Å². The molecular weight excluding hydrogens is 408 g/mol. The lowest BCUT2D eigenvalue weighted by Crippen LogP contribution is -2.05. The van der Waals surface area contributed by atoms with Crippen LogP contribution in [0.4, 0.5) is 5.69 Å². The van der Waals surface area contributed by atoms with E-state index in [4.69, 9.17) is 27.1 Å². The van der Waals surface area contributed by atoms with E-state index in [9.17, 15) is 0 Å². The molecule has 0 atom stereocenters. The Morgan fingerprint density at radius 3 is 2.23 bits per heavy atom. The summed E-state index contributed by atoms with van der Waals surface area (Å²) in [7, 11) is 1.63. The quantitative estimate of drug-likeness (QED) is 0.233. The van der Waals surface area contributed by atoms with E-state index in [1.807, 2.05) is 44.2 Å². The lowest BCUT2D eigenvalue weighted by atomic mass is 10.1. The molecule has 0 saturated heterocycles.